The summed E-state index contributed by atoms with van der Waals surface area (Å²) in [5, 5.41) is 0. The molecule has 2 rings (SSSR count). The van der Waals surface area contributed by atoms with Crippen molar-refractivity contribution in [3.05, 3.63) is 60.2 Å². The predicted molar refractivity (Wildman–Crippen MR) is 76.8 cm³/mol. The van der Waals surface area contributed by atoms with E-state index in [9.17, 15) is 4.79 Å². The van der Waals surface area contributed by atoms with Crippen LogP contribution >= 0.6 is 0 Å². The van der Waals surface area contributed by atoms with Crippen molar-refractivity contribution < 1.29 is 9.53 Å². The summed E-state index contributed by atoms with van der Waals surface area (Å²) in [5.41, 5.74) is 1.31. The van der Waals surface area contributed by atoms with Crippen molar-refractivity contribution in [3.8, 4) is 0 Å². The smallest absolute Gasteiger partial charge is 0.302 e. The van der Waals surface area contributed by atoms with Crippen LogP contribution in [0.1, 0.15) is 25.3 Å². The highest BCUT2D eigenvalue weighted by Crippen LogP contribution is 2.35. The van der Waals surface area contributed by atoms with E-state index in [1.165, 1.54) is 12.5 Å². The van der Waals surface area contributed by atoms with Gasteiger partial charge >= 0.3 is 5.97 Å². The lowest BCUT2D eigenvalue weighted by Crippen LogP contribution is -2.23. The fourth-order valence-electron chi connectivity index (χ4n) is 2.54. The topological polar surface area (TPSA) is 26.3 Å². The second-order valence-corrected chi connectivity index (χ2v) is 5.06. The zero-order valence-electron chi connectivity index (χ0n) is 11.5. The molecule has 2 unspecified atom stereocenters. The van der Waals surface area contributed by atoms with Crippen LogP contribution in [0.15, 0.2) is 54.6 Å². The molecule has 19 heavy (non-hydrogen) atoms. The first kappa shape index (κ1) is 13.6. The molecule has 0 aromatic heterocycles. The van der Waals surface area contributed by atoms with E-state index < -0.39 is 0 Å². The molecule has 1 aliphatic rings. The van der Waals surface area contributed by atoms with Gasteiger partial charge in [0.25, 0.3) is 0 Å². The monoisotopic (exact) mass is 256 g/mol. The number of esters is 1. The zero-order chi connectivity index (χ0) is 13.7. The number of allylic oxidation sites excluding steroid dienone is 4. The molecule has 0 amide bonds. The van der Waals surface area contributed by atoms with Crippen LogP contribution in [0.4, 0.5) is 0 Å². The van der Waals surface area contributed by atoms with Crippen LogP contribution in [0.3, 0.4) is 0 Å². The summed E-state index contributed by atoms with van der Waals surface area (Å²) < 4.78 is 5.14. The summed E-state index contributed by atoms with van der Waals surface area (Å²) in [6.07, 6.45) is 8.61. The maximum Gasteiger partial charge on any atom is 0.302 e. The Labute approximate surface area is 114 Å². The second-order valence-electron chi connectivity index (χ2n) is 5.06. The van der Waals surface area contributed by atoms with Crippen LogP contribution in [0.2, 0.25) is 0 Å². The number of carbonyl (C=O) groups excluding carboxylic acids is 1. The molecule has 0 saturated heterocycles. The van der Waals surface area contributed by atoms with Gasteiger partial charge in [0, 0.05) is 12.8 Å². The number of hydrogen-bond acceptors (Lipinski definition) is 2. The molecule has 1 aromatic carbocycles. The third-order valence-electron chi connectivity index (χ3n) is 3.57. The van der Waals surface area contributed by atoms with E-state index in [0.717, 1.165) is 0 Å². The highest BCUT2D eigenvalue weighted by Gasteiger charge is 2.26. The van der Waals surface area contributed by atoms with Crippen LogP contribution in [0, 0.1) is 11.8 Å². The van der Waals surface area contributed by atoms with Gasteiger partial charge in [0.15, 0.2) is 0 Å². The largest absolute Gasteiger partial charge is 0.466 e. The second kappa shape index (κ2) is 6.37. The normalized spacial score (nSPS) is 23.1. The summed E-state index contributed by atoms with van der Waals surface area (Å²) in [6.45, 7) is 4.06. The number of benzene rings is 1. The Bertz CT molecular complexity index is 473. The average Bonchev–Trinajstić information content (AvgIpc) is 2.45. The fourth-order valence-corrected chi connectivity index (χ4v) is 2.54. The standard InChI is InChI=1S/C17H20O2/c1-13(12-19-14(2)18)16-10-6-7-11-17(16)15-8-4-3-5-9-15/h3-11,13,16-17H,12H2,1-2H3/t13?,16?,17-/m1/s1. The first-order valence-corrected chi connectivity index (χ1v) is 6.72. The number of ether oxygens (including phenoxy) is 1. The van der Waals surface area contributed by atoms with Crippen molar-refractivity contribution in [2.24, 2.45) is 11.8 Å². The molecule has 0 fully saturated rings. The highest BCUT2D eigenvalue weighted by molar-refractivity contribution is 5.65. The molecule has 0 saturated carbocycles. The minimum Gasteiger partial charge on any atom is -0.466 e. The Morgan fingerprint density at radius 2 is 1.89 bits per heavy atom. The van der Waals surface area contributed by atoms with E-state index in [4.69, 9.17) is 4.74 Å². The van der Waals surface area contributed by atoms with E-state index in [2.05, 4.69) is 55.5 Å². The molecule has 0 radical (unpaired) electrons. The Morgan fingerprint density at radius 3 is 2.58 bits per heavy atom. The molecule has 2 heteroatoms. The third kappa shape index (κ3) is 3.57. The van der Waals surface area contributed by atoms with E-state index in [1.807, 2.05) is 6.07 Å². The summed E-state index contributed by atoms with van der Waals surface area (Å²) >= 11 is 0. The van der Waals surface area contributed by atoms with Crippen molar-refractivity contribution >= 4 is 5.97 Å². The summed E-state index contributed by atoms with van der Waals surface area (Å²) in [7, 11) is 0. The molecular formula is C17H20O2. The van der Waals surface area contributed by atoms with E-state index >= 15 is 0 Å². The predicted octanol–water partition coefficient (Wildman–Crippen LogP) is 3.71. The Balaban J connectivity index is 2.11. The summed E-state index contributed by atoms with van der Waals surface area (Å²) in [4.78, 5) is 10.9. The molecule has 100 valence electrons. The zero-order valence-corrected chi connectivity index (χ0v) is 11.5. The summed E-state index contributed by atoms with van der Waals surface area (Å²) in [5.74, 6) is 0.817. The van der Waals surface area contributed by atoms with Gasteiger partial charge in [0.05, 0.1) is 6.61 Å². The van der Waals surface area contributed by atoms with E-state index in [1.54, 1.807) is 0 Å². The van der Waals surface area contributed by atoms with Gasteiger partial charge in [0.2, 0.25) is 0 Å². The quantitative estimate of drug-likeness (QED) is 0.768. The van der Waals surface area contributed by atoms with E-state index in [-0.39, 0.29) is 5.97 Å². The summed E-state index contributed by atoms with van der Waals surface area (Å²) in [6, 6.07) is 10.5. The number of rotatable bonds is 4. The Morgan fingerprint density at radius 1 is 1.21 bits per heavy atom. The molecule has 0 spiro atoms. The van der Waals surface area contributed by atoms with Crippen LogP contribution < -0.4 is 0 Å². The van der Waals surface area contributed by atoms with Crippen molar-refractivity contribution in [3.63, 3.8) is 0 Å². The number of carbonyl (C=O) groups is 1. The van der Waals surface area contributed by atoms with Gasteiger partial charge in [0.1, 0.15) is 0 Å². The maximum atomic E-state index is 10.9. The minimum atomic E-state index is -0.210. The maximum absolute atomic E-state index is 10.9. The van der Waals surface area contributed by atoms with Gasteiger partial charge in [-0.3, -0.25) is 4.79 Å². The fraction of sp³-hybridized carbons (Fsp3) is 0.353. The Hall–Kier alpha value is -1.83. The van der Waals surface area contributed by atoms with E-state index in [0.29, 0.717) is 24.4 Å². The Kier molecular flexibility index (Phi) is 4.56. The molecule has 3 atom stereocenters. The molecule has 0 N–H and O–H groups in total. The molecule has 1 aliphatic carbocycles. The lowest BCUT2D eigenvalue weighted by atomic mass is 9.76. The van der Waals surface area contributed by atoms with Crippen molar-refractivity contribution in [1.82, 2.24) is 0 Å². The van der Waals surface area contributed by atoms with Crippen molar-refractivity contribution in [2.75, 3.05) is 6.61 Å². The van der Waals surface area contributed by atoms with Crippen molar-refractivity contribution in [2.45, 2.75) is 19.8 Å². The van der Waals surface area contributed by atoms with Crippen LogP contribution in [-0.4, -0.2) is 12.6 Å². The SMILES string of the molecule is CC(=O)OCC(C)C1C=CC=C[C@@H]1c1ccccc1. The lowest BCUT2D eigenvalue weighted by molar-refractivity contribution is -0.142. The van der Waals surface area contributed by atoms with Crippen LogP contribution in [0.25, 0.3) is 0 Å². The molecule has 1 aromatic rings. The van der Waals surface area contributed by atoms with Gasteiger partial charge in [-0.25, -0.2) is 0 Å². The number of hydrogen-bond donors (Lipinski definition) is 0. The first-order valence-electron chi connectivity index (χ1n) is 6.72. The molecule has 2 nitrogen and oxygen atoms in total. The minimum absolute atomic E-state index is 0.210. The first-order chi connectivity index (χ1) is 9.18. The van der Waals surface area contributed by atoms with Crippen molar-refractivity contribution in [1.29, 1.82) is 0 Å². The van der Waals surface area contributed by atoms with Gasteiger partial charge in [-0.05, 0) is 17.4 Å². The van der Waals surface area contributed by atoms with Gasteiger partial charge in [-0.2, -0.15) is 0 Å². The molecule has 0 aliphatic heterocycles. The van der Waals surface area contributed by atoms with Gasteiger partial charge < -0.3 is 4.74 Å². The third-order valence-corrected chi connectivity index (χ3v) is 3.57. The molecule has 0 bridgehead atoms. The van der Waals surface area contributed by atoms with Gasteiger partial charge in [-0.15, -0.1) is 0 Å². The van der Waals surface area contributed by atoms with Crippen LogP contribution in [-0.2, 0) is 9.53 Å². The van der Waals surface area contributed by atoms with Gasteiger partial charge in [-0.1, -0.05) is 61.6 Å². The molecule has 0 heterocycles. The highest BCUT2D eigenvalue weighted by atomic mass is 16.5. The lowest BCUT2D eigenvalue weighted by Gasteiger charge is -2.29. The van der Waals surface area contributed by atoms with Crippen LogP contribution in [0.5, 0.6) is 0 Å². The average molecular weight is 256 g/mol. The molecular weight excluding hydrogens is 236 g/mol.